The minimum Gasteiger partial charge on any atom is -0.378 e. The third-order valence-corrected chi connectivity index (χ3v) is 4.10. The molecule has 0 saturated carbocycles. The van der Waals surface area contributed by atoms with Gasteiger partial charge in [0.05, 0.1) is 6.21 Å². The number of hydrogen-bond acceptors (Lipinski definition) is 6. The zero-order valence-corrected chi connectivity index (χ0v) is 15.9. The first kappa shape index (κ1) is 22.2. The maximum atomic E-state index is 14.0. The van der Waals surface area contributed by atoms with Crippen LogP contribution in [0.15, 0.2) is 41.5 Å². The van der Waals surface area contributed by atoms with Gasteiger partial charge in [0.2, 0.25) is 5.82 Å². The number of halogens is 7. The van der Waals surface area contributed by atoms with Crippen molar-refractivity contribution in [3.63, 3.8) is 0 Å². The van der Waals surface area contributed by atoms with Crippen molar-refractivity contribution >= 4 is 23.4 Å². The Hall–Kier alpha value is -3.45. The topological polar surface area (TPSA) is 70.7 Å². The molecule has 3 rings (SSSR count). The van der Waals surface area contributed by atoms with Gasteiger partial charge in [-0.2, -0.15) is 40.3 Å². The Morgan fingerprint density at radius 3 is 2.16 bits per heavy atom. The summed E-state index contributed by atoms with van der Waals surface area (Å²) >= 11 is 0. The van der Waals surface area contributed by atoms with Crippen LogP contribution in [-0.2, 0) is 5.92 Å². The number of anilines is 2. The number of benzene rings is 1. The molecule has 0 atom stereocenters. The number of rotatable bonds is 6. The summed E-state index contributed by atoms with van der Waals surface area (Å²) in [7, 11) is 3.72. The molecule has 2 heterocycles. The molecular formula is C17H14F7N7. The molecule has 0 fully saturated rings. The first-order valence-corrected chi connectivity index (χ1v) is 8.46. The monoisotopic (exact) mass is 449 g/mol. The number of alkyl halides is 7. The zero-order valence-electron chi connectivity index (χ0n) is 15.9. The lowest BCUT2D eigenvalue weighted by molar-refractivity contribution is -0.361. The van der Waals surface area contributed by atoms with E-state index in [0.717, 1.165) is 11.8 Å². The average Bonchev–Trinajstić information content (AvgIpc) is 3.11. The van der Waals surface area contributed by atoms with Gasteiger partial charge in [-0.1, -0.05) is 12.1 Å². The second kappa shape index (κ2) is 7.67. The van der Waals surface area contributed by atoms with Crippen LogP contribution in [0.2, 0.25) is 0 Å². The predicted octanol–water partition coefficient (Wildman–Crippen LogP) is 3.93. The van der Waals surface area contributed by atoms with Crippen LogP contribution < -0.4 is 10.3 Å². The highest BCUT2D eigenvalue weighted by Gasteiger charge is 2.75. The maximum Gasteiger partial charge on any atom is 0.460 e. The molecule has 7 nitrogen and oxygen atoms in total. The smallest absolute Gasteiger partial charge is 0.378 e. The van der Waals surface area contributed by atoms with Crippen molar-refractivity contribution in [2.45, 2.75) is 18.0 Å². The van der Waals surface area contributed by atoms with Crippen molar-refractivity contribution in [1.82, 2.24) is 19.8 Å². The molecule has 31 heavy (non-hydrogen) atoms. The van der Waals surface area contributed by atoms with Gasteiger partial charge >= 0.3 is 18.0 Å². The van der Waals surface area contributed by atoms with Gasteiger partial charge in [-0.25, -0.2) is 0 Å². The van der Waals surface area contributed by atoms with E-state index in [-0.39, 0.29) is 10.3 Å². The lowest BCUT2D eigenvalue weighted by atomic mass is 10.1. The van der Waals surface area contributed by atoms with Crippen LogP contribution in [0, 0.1) is 0 Å². The highest BCUT2D eigenvalue weighted by molar-refractivity contribution is 5.80. The summed E-state index contributed by atoms with van der Waals surface area (Å²) in [6.07, 6.45) is -5.14. The van der Waals surface area contributed by atoms with Crippen LogP contribution in [0.4, 0.5) is 42.2 Å². The van der Waals surface area contributed by atoms with Crippen molar-refractivity contribution < 1.29 is 30.7 Å². The van der Waals surface area contributed by atoms with Gasteiger partial charge < -0.3 is 4.90 Å². The summed E-state index contributed by atoms with van der Waals surface area (Å²) < 4.78 is 92.2. The summed E-state index contributed by atoms with van der Waals surface area (Å²) in [5.74, 6) is -14.3. The fourth-order valence-corrected chi connectivity index (χ4v) is 2.39. The first-order valence-electron chi connectivity index (χ1n) is 8.46. The molecule has 0 bridgehead atoms. The number of aromatic nitrogens is 4. The fraction of sp³-hybridized carbons (Fsp3) is 0.294. The highest BCUT2D eigenvalue weighted by atomic mass is 19.4. The summed E-state index contributed by atoms with van der Waals surface area (Å²) in [4.78, 5) is 1.88. The minimum atomic E-state index is -6.51. The summed E-state index contributed by atoms with van der Waals surface area (Å²) in [5, 5.41) is 13.3. The second-order valence-corrected chi connectivity index (χ2v) is 6.51. The molecule has 0 aliphatic heterocycles. The lowest BCUT2D eigenvalue weighted by Crippen LogP contribution is -2.51. The highest BCUT2D eigenvalue weighted by Crippen LogP contribution is 2.51. The molecule has 0 radical (unpaired) electrons. The Labute approximate surface area is 170 Å². The Balaban J connectivity index is 1.86. The van der Waals surface area contributed by atoms with Crippen LogP contribution in [0.1, 0.15) is 11.4 Å². The van der Waals surface area contributed by atoms with E-state index in [4.69, 9.17) is 0 Å². The molecule has 0 spiro atoms. The van der Waals surface area contributed by atoms with Crippen molar-refractivity contribution in [3.8, 4) is 0 Å². The molecule has 0 amide bonds. The lowest BCUT2D eigenvalue weighted by Gasteiger charge is -2.26. The van der Waals surface area contributed by atoms with E-state index in [1.807, 2.05) is 31.1 Å². The maximum absolute atomic E-state index is 14.0. The molecule has 1 aromatic carbocycles. The molecular weight excluding hydrogens is 435 g/mol. The quantitative estimate of drug-likeness (QED) is 0.351. The Kier molecular flexibility index (Phi) is 5.50. The Bertz CT molecular complexity index is 1090. The number of hydrogen-bond donors (Lipinski definition) is 1. The van der Waals surface area contributed by atoms with Gasteiger partial charge in [0, 0.05) is 19.8 Å². The predicted molar refractivity (Wildman–Crippen MR) is 97.7 cm³/mol. The normalized spacial score (nSPS) is 13.2. The van der Waals surface area contributed by atoms with Crippen LogP contribution in [0.5, 0.6) is 0 Å². The Morgan fingerprint density at radius 1 is 0.935 bits per heavy atom. The molecule has 1 N–H and O–H groups in total. The van der Waals surface area contributed by atoms with Gasteiger partial charge in [0.25, 0.3) is 0 Å². The molecule has 0 unspecified atom stereocenters. The fourth-order valence-electron chi connectivity index (χ4n) is 2.39. The van der Waals surface area contributed by atoms with E-state index in [1.54, 1.807) is 12.1 Å². The van der Waals surface area contributed by atoms with Gasteiger partial charge in [0.15, 0.2) is 11.5 Å². The van der Waals surface area contributed by atoms with Gasteiger partial charge in [-0.3, -0.25) is 5.43 Å². The molecule has 14 heteroatoms. The Morgan fingerprint density at radius 2 is 1.58 bits per heavy atom. The largest absolute Gasteiger partial charge is 0.460 e. The molecule has 0 aliphatic carbocycles. The van der Waals surface area contributed by atoms with Crippen molar-refractivity contribution in [1.29, 1.82) is 0 Å². The van der Waals surface area contributed by atoms with E-state index in [1.165, 1.54) is 12.3 Å². The molecule has 0 aliphatic rings. The molecule has 166 valence electrons. The molecule has 2 aromatic heterocycles. The first-order chi connectivity index (χ1) is 14.3. The van der Waals surface area contributed by atoms with Crippen LogP contribution in [0.3, 0.4) is 0 Å². The van der Waals surface area contributed by atoms with Crippen LogP contribution in [-0.4, -0.2) is 52.2 Å². The number of fused-ring (bicyclic) bond motifs is 1. The van der Waals surface area contributed by atoms with E-state index in [0.29, 0.717) is 5.56 Å². The standard InChI is InChI=1S/C17H14F7N7/c1-30(2)11-5-3-10(4-6-11)9-25-26-12-7-8-13-27-28-14(31(13)29-12)15(18,19)16(20,21)17(22,23)24/h3-9H,1-2H3,(H,26,29). The van der Waals surface area contributed by atoms with Gasteiger partial charge in [0.1, 0.15) is 0 Å². The average molecular weight is 449 g/mol. The molecule has 3 aromatic rings. The molecule has 0 saturated heterocycles. The summed E-state index contributed by atoms with van der Waals surface area (Å²) in [6, 6.07) is 9.38. The van der Waals surface area contributed by atoms with Crippen molar-refractivity contribution in [2.24, 2.45) is 5.10 Å². The zero-order chi connectivity index (χ0) is 23.0. The van der Waals surface area contributed by atoms with E-state index >= 15 is 0 Å². The second-order valence-electron chi connectivity index (χ2n) is 6.51. The number of hydrazone groups is 1. The summed E-state index contributed by atoms with van der Waals surface area (Å²) in [5.41, 5.74) is 3.53. The van der Waals surface area contributed by atoms with Crippen LogP contribution in [0.25, 0.3) is 5.65 Å². The van der Waals surface area contributed by atoms with Gasteiger partial charge in [-0.15, -0.1) is 15.3 Å². The van der Waals surface area contributed by atoms with Gasteiger partial charge in [-0.05, 0) is 29.8 Å². The van der Waals surface area contributed by atoms with Crippen molar-refractivity contribution in [3.05, 3.63) is 47.8 Å². The van der Waals surface area contributed by atoms with E-state index in [9.17, 15) is 30.7 Å². The third-order valence-electron chi connectivity index (χ3n) is 4.10. The van der Waals surface area contributed by atoms with Crippen molar-refractivity contribution in [2.75, 3.05) is 24.4 Å². The van der Waals surface area contributed by atoms with E-state index < -0.39 is 29.5 Å². The van der Waals surface area contributed by atoms with Crippen LogP contribution >= 0.6 is 0 Å². The summed E-state index contributed by atoms with van der Waals surface area (Å²) in [6.45, 7) is 0. The van der Waals surface area contributed by atoms with E-state index in [2.05, 4.69) is 25.8 Å². The SMILES string of the molecule is CN(C)c1ccc(C=NNc2ccc3nnc(C(F)(F)C(F)(F)C(F)(F)F)n3n2)cc1. The third kappa shape index (κ3) is 4.09. The number of nitrogens with zero attached hydrogens (tertiary/aromatic N) is 6. The number of nitrogens with one attached hydrogen (secondary N) is 1. The minimum absolute atomic E-state index is 0.101.